The summed E-state index contributed by atoms with van der Waals surface area (Å²) in [6.07, 6.45) is 8.42. The molecule has 8 rings (SSSR count). The molecule has 2 saturated heterocycles. The first-order valence-corrected chi connectivity index (χ1v) is 21.4. The molecule has 1 N–H and O–H groups in total. The first-order chi connectivity index (χ1) is 24.6. The van der Waals surface area contributed by atoms with E-state index in [0.29, 0.717) is 36.0 Å². The first kappa shape index (κ1) is 35.6. The van der Waals surface area contributed by atoms with E-state index < -0.39 is 21.2 Å². The number of anilines is 1. The first-order valence-electron chi connectivity index (χ1n) is 19.5. The smallest absolute Gasteiger partial charge is 0.264 e. The molecule has 3 fully saturated rings. The van der Waals surface area contributed by atoms with Crippen molar-refractivity contribution in [1.29, 1.82) is 0 Å². The van der Waals surface area contributed by atoms with Crippen LogP contribution in [-0.2, 0) is 26.6 Å². The fourth-order valence-corrected chi connectivity index (χ4v) is 11.8. The molecule has 11 heteroatoms. The van der Waals surface area contributed by atoms with Gasteiger partial charge in [0.15, 0.2) is 0 Å². The Kier molecular flexibility index (Phi) is 10.1. The maximum atomic E-state index is 13.6. The Balaban J connectivity index is 1.14. The molecule has 7 atom stereocenters. The summed E-state index contributed by atoms with van der Waals surface area (Å²) in [5.74, 6) is 1.80. The predicted molar refractivity (Wildman–Crippen MR) is 201 cm³/mol. The fraction of sp³-hybridized carbons (Fsp3) is 0.675. The number of benzene rings is 2. The van der Waals surface area contributed by atoms with Crippen molar-refractivity contribution >= 4 is 33.2 Å². The van der Waals surface area contributed by atoms with Crippen LogP contribution in [0, 0.1) is 23.7 Å². The van der Waals surface area contributed by atoms with Gasteiger partial charge in [-0.25, -0.2) is 13.1 Å². The molecular formula is C40H55ClN4O5S. The van der Waals surface area contributed by atoms with Gasteiger partial charge in [0.2, 0.25) is 10.0 Å². The lowest BCUT2D eigenvalue weighted by molar-refractivity contribution is -0.0519. The summed E-state index contributed by atoms with van der Waals surface area (Å²) < 4.78 is 42.1. The molecule has 0 unspecified atom stereocenters. The molecular weight excluding hydrogens is 684 g/mol. The van der Waals surface area contributed by atoms with Gasteiger partial charge in [-0.2, -0.15) is 0 Å². The molecule has 51 heavy (non-hydrogen) atoms. The fourth-order valence-electron chi connectivity index (χ4n) is 10.3. The number of carbonyl (C=O) groups excluding carboxylic acids is 1. The lowest BCUT2D eigenvalue weighted by atomic mass is 9.65. The lowest BCUT2D eigenvalue weighted by Crippen LogP contribution is -2.59. The van der Waals surface area contributed by atoms with Crippen LogP contribution in [0.25, 0.3) is 0 Å². The number of ether oxygens (including phenoxy) is 2. The molecule has 6 aliphatic rings. The van der Waals surface area contributed by atoms with Gasteiger partial charge >= 0.3 is 0 Å². The minimum atomic E-state index is -3.87. The van der Waals surface area contributed by atoms with Gasteiger partial charge in [0, 0.05) is 67.9 Å². The van der Waals surface area contributed by atoms with Crippen molar-refractivity contribution < 1.29 is 22.7 Å². The van der Waals surface area contributed by atoms with Crippen molar-refractivity contribution in [2.24, 2.45) is 23.7 Å². The van der Waals surface area contributed by atoms with Crippen molar-refractivity contribution in [2.45, 2.75) is 81.9 Å². The van der Waals surface area contributed by atoms with Crippen LogP contribution in [0.1, 0.15) is 80.3 Å². The summed E-state index contributed by atoms with van der Waals surface area (Å²) in [4.78, 5) is 21.4. The van der Waals surface area contributed by atoms with Gasteiger partial charge in [0.05, 0.1) is 30.8 Å². The second kappa shape index (κ2) is 14.5. The average molecular weight is 739 g/mol. The topological polar surface area (TPSA) is 91.4 Å². The molecule has 0 radical (unpaired) electrons. The van der Waals surface area contributed by atoms with Crippen LogP contribution in [0.4, 0.5) is 5.69 Å². The summed E-state index contributed by atoms with van der Waals surface area (Å²) >= 11 is 6.50. The van der Waals surface area contributed by atoms with E-state index in [-0.39, 0.29) is 11.3 Å². The molecule has 4 aliphatic heterocycles. The maximum Gasteiger partial charge on any atom is 0.264 e. The number of sulfonamides is 1. The van der Waals surface area contributed by atoms with Gasteiger partial charge in [-0.3, -0.25) is 9.69 Å². The van der Waals surface area contributed by atoms with Crippen LogP contribution in [-0.4, -0.2) is 101 Å². The summed E-state index contributed by atoms with van der Waals surface area (Å²) in [6.45, 7) is 13.0. The number of morpholine rings is 1. The van der Waals surface area contributed by atoms with Crippen LogP contribution in [0.15, 0.2) is 36.4 Å². The third kappa shape index (κ3) is 7.17. The molecule has 278 valence electrons. The summed E-state index contributed by atoms with van der Waals surface area (Å²) in [7, 11) is -3.87. The molecule has 9 nitrogen and oxygen atoms in total. The highest BCUT2D eigenvalue weighted by Crippen LogP contribution is 2.48. The van der Waals surface area contributed by atoms with E-state index in [1.54, 1.807) is 13.0 Å². The molecule has 1 amide bonds. The Bertz CT molecular complexity index is 1720. The number of nitrogens with one attached hydrogen (secondary N) is 1. The molecule has 2 aliphatic carbocycles. The number of amides is 1. The quantitative estimate of drug-likeness (QED) is 0.418. The highest BCUT2D eigenvalue weighted by Gasteiger charge is 2.45. The highest BCUT2D eigenvalue weighted by atomic mass is 35.5. The van der Waals surface area contributed by atoms with Crippen LogP contribution in [0.3, 0.4) is 0 Å². The van der Waals surface area contributed by atoms with Gasteiger partial charge in [-0.05, 0) is 117 Å². The number of piperazine rings is 1. The Morgan fingerprint density at radius 3 is 2.73 bits per heavy atom. The molecule has 1 spiro atoms. The molecule has 2 aromatic carbocycles. The van der Waals surface area contributed by atoms with Crippen molar-refractivity contribution in [2.75, 3.05) is 70.5 Å². The zero-order valence-corrected chi connectivity index (χ0v) is 31.9. The number of fused-ring (bicyclic) bond motifs is 5. The SMILES string of the molecule is C[C@@H]1[C@@H](C)CCC[C@H](CN2CCN3CCOC[C@@H]3C2)[C@@H]2CC[C@H]2CN2C[C@@]3(CCCc4cc(Cl)ccc43)COc3ccc(cc32)C(=O)NS1(=O)=O. The monoisotopic (exact) mass is 738 g/mol. The normalized spacial score (nSPS) is 34.6. The second-order valence-electron chi connectivity index (χ2n) is 16.7. The number of hydrogen-bond acceptors (Lipinski definition) is 8. The predicted octanol–water partition coefficient (Wildman–Crippen LogP) is 5.74. The van der Waals surface area contributed by atoms with E-state index >= 15 is 0 Å². The van der Waals surface area contributed by atoms with Gasteiger partial charge in [0.1, 0.15) is 5.75 Å². The van der Waals surface area contributed by atoms with E-state index in [1.165, 1.54) is 24.0 Å². The maximum absolute atomic E-state index is 13.6. The van der Waals surface area contributed by atoms with Gasteiger partial charge in [-0.1, -0.05) is 31.0 Å². The van der Waals surface area contributed by atoms with Crippen molar-refractivity contribution in [3.05, 3.63) is 58.1 Å². The van der Waals surface area contributed by atoms with Crippen LogP contribution in [0.2, 0.25) is 5.02 Å². The summed E-state index contributed by atoms with van der Waals surface area (Å²) in [6, 6.07) is 12.3. The Morgan fingerprint density at radius 2 is 1.88 bits per heavy atom. The van der Waals surface area contributed by atoms with Gasteiger partial charge in [-0.15, -0.1) is 0 Å². The minimum Gasteiger partial charge on any atom is -0.490 e. The number of halogens is 1. The van der Waals surface area contributed by atoms with Gasteiger partial charge in [0.25, 0.3) is 5.91 Å². The molecule has 1 saturated carbocycles. The van der Waals surface area contributed by atoms with E-state index in [1.807, 2.05) is 25.1 Å². The van der Waals surface area contributed by atoms with E-state index in [2.05, 4.69) is 31.6 Å². The van der Waals surface area contributed by atoms with Crippen molar-refractivity contribution in [3.8, 4) is 5.75 Å². The summed E-state index contributed by atoms with van der Waals surface area (Å²) in [5.41, 5.74) is 3.65. The minimum absolute atomic E-state index is 0.0654. The van der Waals surface area contributed by atoms with E-state index in [9.17, 15) is 13.2 Å². The third-order valence-corrected chi connectivity index (χ3v) is 15.8. The number of aryl methyl sites for hydroxylation is 1. The average Bonchev–Trinajstić information content (AvgIpc) is 3.25. The number of nitrogens with zero attached hydrogens (tertiary/aromatic N) is 3. The van der Waals surface area contributed by atoms with E-state index in [0.717, 1.165) is 114 Å². The third-order valence-electron chi connectivity index (χ3n) is 13.6. The zero-order valence-electron chi connectivity index (χ0n) is 30.3. The lowest BCUT2D eigenvalue weighted by Gasteiger charge is -2.49. The Hall–Kier alpha value is -2.37. The van der Waals surface area contributed by atoms with Crippen LogP contribution >= 0.6 is 11.6 Å². The zero-order chi connectivity index (χ0) is 35.3. The number of carbonyl (C=O) groups is 1. The van der Waals surface area contributed by atoms with Gasteiger partial charge < -0.3 is 19.3 Å². The highest BCUT2D eigenvalue weighted by molar-refractivity contribution is 7.90. The Labute approximate surface area is 309 Å². The number of rotatable bonds is 2. The molecule has 0 aromatic heterocycles. The molecule has 2 bridgehead atoms. The van der Waals surface area contributed by atoms with Crippen molar-refractivity contribution in [3.63, 3.8) is 0 Å². The molecule has 2 aromatic rings. The Morgan fingerprint density at radius 1 is 1.00 bits per heavy atom. The standard InChI is InChI=1S/C40H55ClN4O5S/c1-27-5-3-6-31(21-43-15-16-44-17-18-49-24-34(44)23-43)35-11-8-32(35)22-45-25-40(14-4-7-29-19-33(41)10-12-36(29)40)26-50-38-13-9-30(20-37(38)45)39(46)42-51(47,48)28(27)2/h9-10,12-13,19-20,27-28,31-32,34-35H,3-8,11,14-18,21-26H2,1-2H3,(H,42,46)/t27-,28+,31+,32-,34-,35-,40-/m0/s1. The van der Waals surface area contributed by atoms with Crippen LogP contribution in [0.5, 0.6) is 5.75 Å². The summed E-state index contributed by atoms with van der Waals surface area (Å²) in [5, 5.41) is 0.0905. The second-order valence-corrected chi connectivity index (χ2v) is 19.1. The van der Waals surface area contributed by atoms with Crippen molar-refractivity contribution in [1.82, 2.24) is 14.5 Å². The molecule has 4 heterocycles. The number of hydrogen-bond donors (Lipinski definition) is 1. The van der Waals surface area contributed by atoms with Crippen LogP contribution < -0.4 is 14.4 Å². The largest absolute Gasteiger partial charge is 0.490 e. The van der Waals surface area contributed by atoms with E-state index in [4.69, 9.17) is 21.1 Å².